The minimum Gasteiger partial charge on any atom is -0.342 e. The van der Waals surface area contributed by atoms with Gasteiger partial charge in [0, 0.05) is 12.4 Å². The van der Waals surface area contributed by atoms with Crippen molar-refractivity contribution in [1.29, 1.82) is 0 Å². The van der Waals surface area contributed by atoms with E-state index >= 15 is 0 Å². The molecule has 1 N–H and O–H groups in total. The molecule has 62 valence electrons. The highest BCUT2D eigenvalue weighted by Crippen LogP contribution is 2.17. The molecule has 1 aliphatic heterocycles. The lowest BCUT2D eigenvalue weighted by atomic mass is 10.1. The largest absolute Gasteiger partial charge is 0.342 e. The maximum Gasteiger partial charge on any atom is 0.178 e. The molecule has 2 heterocycles. The summed E-state index contributed by atoms with van der Waals surface area (Å²) in [5.74, 6) is 0.712. The fourth-order valence-electron chi connectivity index (χ4n) is 0.978. The third-order valence-electron chi connectivity index (χ3n) is 1.68. The molecule has 0 fully saturated rings. The van der Waals surface area contributed by atoms with Crippen LogP contribution in [0.4, 0.5) is 5.82 Å². The Hall–Kier alpha value is -1.45. The van der Waals surface area contributed by atoms with E-state index in [1.165, 1.54) is 0 Å². The Balaban J connectivity index is 2.49. The van der Waals surface area contributed by atoms with Crippen molar-refractivity contribution in [1.82, 2.24) is 9.97 Å². The third-order valence-corrected chi connectivity index (χ3v) is 1.68. The van der Waals surface area contributed by atoms with Crippen LogP contribution in [0.1, 0.15) is 19.5 Å². The van der Waals surface area contributed by atoms with Crippen LogP contribution in [0.15, 0.2) is 16.3 Å². The van der Waals surface area contributed by atoms with Crippen molar-refractivity contribution in [3.63, 3.8) is 0 Å². The predicted molar refractivity (Wildman–Crippen MR) is 48.4 cm³/mol. The van der Waals surface area contributed by atoms with Crippen LogP contribution in [0, 0.1) is 0 Å². The molecule has 12 heavy (non-hydrogen) atoms. The van der Waals surface area contributed by atoms with Crippen molar-refractivity contribution in [2.45, 2.75) is 19.4 Å². The Bertz CT molecular complexity index is 315. The number of imidazole rings is 1. The van der Waals surface area contributed by atoms with Gasteiger partial charge in [-0.05, 0) is 13.8 Å². The number of hydrogen-bond donors (Lipinski definition) is 1. The average Bonchev–Trinajstić information content (AvgIpc) is 2.40. The zero-order valence-electron chi connectivity index (χ0n) is 7.07. The van der Waals surface area contributed by atoms with Crippen LogP contribution < -0.4 is 0 Å². The van der Waals surface area contributed by atoms with E-state index in [2.05, 4.69) is 20.0 Å². The van der Waals surface area contributed by atoms with Crippen molar-refractivity contribution in [2.75, 3.05) is 0 Å². The molecule has 0 bridgehead atoms. The van der Waals surface area contributed by atoms with Gasteiger partial charge in [0.2, 0.25) is 0 Å². The standard InChI is InChI=1S/C8H10N4/c1-8(2)4-9-7-6(3-12-8)10-5-11-7/h3-5H,1-2H3,(H,10,11). The van der Waals surface area contributed by atoms with Crippen LogP contribution in [-0.4, -0.2) is 27.9 Å². The van der Waals surface area contributed by atoms with Crippen LogP contribution in [0.2, 0.25) is 0 Å². The normalized spacial score (nSPS) is 18.8. The minimum atomic E-state index is -0.221. The summed E-state index contributed by atoms with van der Waals surface area (Å²) in [7, 11) is 0. The number of nitrogens with zero attached hydrogens (tertiary/aromatic N) is 3. The zero-order valence-corrected chi connectivity index (χ0v) is 7.07. The molecule has 0 aliphatic carbocycles. The van der Waals surface area contributed by atoms with Gasteiger partial charge in [-0.2, -0.15) is 0 Å². The molecule has 0 unspecified atom stereocenters. The van der Waals surface area contributed by atoms with Crippen LogP contribution >= 0.6 is 0 Å². The topological polar surface area (TPSA) is 53.4 Å². The first-order valence-corrected chi connectivity index (χ1v) is 3.81. The second-order valence-corrected chi connectivity index (χ2v) is 3.31. The van der Waals surface area contributed by atoms with E-state index in [0.29, 0.717) is 5.82 Å². The van der Waals surface area contributed by atoms with Gasteiger partial charge in [-0.25, -0.2) is 9.98 Å². The Morgan fingerprint density at radius 2 is 2.25 bits per heavy atom. The molecule has 0 saturated heterocycles. The fraction of sp³-hybridized carbons (Fsp3) is 0.375. The van der Waals surface area contributed by atoms with E-state index in [9.17, 15) is 0 Å². The zero-order chi connectivity index (χ0) is 8.60. The van der Waals surface area contributed by atoms with Crippen molar-refractivity contribution in [3.8, 4) is 0 Å². The SMILES string of the molecule is CC1(C)C=Nc2nc[nH]c2C=N1. The Morgan fingerprint density at radius 3 is 3.08 bits per heavy atom. The summed E-state index contributed by atoms with van der Waals surface area (Å²) in [4.78, 5) is 15.5. The molecule has 4 nitrogen and oxygen atoms in total. The van der Waals surface area contributed by atoms with Crippen LogP contribution in [0.25, 0.3) is 0 Å². The maximum atomic E-state index is 4.32. The Labute approximate surface area is 70.5 Å². The first-order chi connectivity index (χ1) is 5.67. The predicted octanol–water partition coefficient (Wildman–Crippen LogP) is 1.32. The summed E-state index contributed by atoms with van der Waals surface area (Å²) in [6, 6.07) is 0. The van der Waals surface area contributed by atoms with E-state index in [1.807, 2.05) is 13.8 Å². The second kappa shape index (κ2) is 2.27. The maximum absolute atomic E-state index is 4.32. The molecular formula is C8H10N4. The first kappa shape index (κ1) is 7.21. The van der Waals surface area contributed by atoms with Crippen LogP contribution in [0.3, 0.4) is 0 Å². The molecule has 0 amide bonds. The van der Waals surface area contributed by atoms with Crippen molar-refractivity contribution in [3.05, 3.63) is 12.0 Å². The highest BCUT2D eigenvalue weighted by Gasteiger charge is 2.15. The second-order valence-electron chi connectivity index (χ2n) is 3.31. The average molecular weight is 162 g/mol. The van der Waals surface area contributed by atoms with Gasteiger partial charge in [-0.1, -0.05) is 0 Å². The Morgan fingerprint density at radius 1 is 1.42 bits per heavy atom. The number of rotatable bonds is 0. The minimum absolute atomic E-state index is 0.221. The summed E-state index contributed by atoms with van der Waals surface area (Å²) in [5.41, 5.74) is 0.651. The van der Waals surface area contributed by atoms with Crippen molar-refractivity contribution >= 4 is 18.2 Å². The molecule has 0 aromatic carbocycles. The van der Waals surface area contributed by atoms with Gasteiger partial charge >= 0.3 is 0 Å². The number of aromatic amines is 1. The molecule has 2 rings (SSSR count). The lowest BCUT2D eigenvalue weighted by Crippen LogP contribution is -2.17. The van der Waals surface area contributed by atoms with E-state index in [1.54, 1.807) is 18.8 Å². The van der Waals surface area contributed by atoms with Gasteiger partial charge in [0.25, 0.3) is 0 Å². The van der Waals surface area contributed by atoms with E-state index in [4.69, 9.17) is 0 Å². The molecule has 0 atom stereocenters. The molecule has 0 saturated carbocycles. The highest BCUT2D eigenvalue weighted by atomic mass is 15.0. The van der Waals surface area contributed by atoms with Gasteiger partial charge in [0.1, 0.15) is 5.69 Å². The number of fused-ring (bicyclic) bond motifs is 1. The van der Waals surface area contributed by atoms with Gasteiger partial charge in [-0.15, -0.1) is 0 Å². The molecule has 1 aromatic rings. The summed E-state index contributed by atoms with van der Waals surface area (Å²) in [6.07, 6.45) is 5.19. The number of hydrogen-bond acceptors (Lipinski definition) is 3. The van der Waals surface area contributed by atoms with E-state index < -0.39 is 0 Å². The fourth-order valence-corrected chi connectivity index (χ4v) is 0.978. The molecular weight excluding hydrogens is 152 g/mol. The monoisotopic (exact) mass is 162 g/mol. The molecule has 0 radical (unpaired) electrons. The molecule has 1 aliphatic rings. The van der Waals surface area contributed by atoms with Gasteiger partial charge in [0.05, 0.1) is 11.9 Å². The Kier molecular flexibility index (Phi) is 1.36. The number of aromatic nitrogens is 2. The summed E-state index contributed by atoms with van der Waals surface area (Å²) in [6.45, 7) is 4.00. The molecule has 0 spiro atoms. The summed E-state index contributed by atoms with van der Waals surface area (Å²) >= 11 is 0. The van der Waals surface area contributed by atoms with Crippen LogP contribution in [-0.2, 0) is 0 Å². The molecule has 1 aromatic heterocycles. The number of aliphatic imine (C=N–C) groups is 2. The smallest absolute Gasteiger partial charge is 0.178 e. The number of H-pyrrole nitrogens is 1. The van der Waals surface area contributed by atoms with Gasteiger partial charge < -0.3 is 4.98 Å². The van der Waals surface area contributed by atoms with E-state index in [-0.39, 0.29) is 5.54 Å². The summed E-state index contributed by atoms with van der Waals surface area (Å²) < 4.78 is 0. The first-order valence-electron chi connectivity index (χ1n) is 3.81. The third kappa shape index (κ3) is 1.15. The number of nitrogens with one attached hydrogen (secondary N) is 1. The molecule has 4 heteroatoms. The highest BCUT2D eigenvalue weighted by molar-refractivity contribution is 5.89. The van der Waals surface area contributed by atoms with Gasteiger partial charge in [-0.3, -0.25) is 4.99 Å². The quantitative estimate of drug-likeness (QED) is 0.614. The lowest BCUT2D eigenvalue weighted by molar-refractivity contribution is 0.723. The lowest BCUT2D eigenvalue weighted by Gasteiger charge is -2.09. The van der Waals surface area contributed by atoms with E-state index in [0.717, 1.165) is 5.69 Å². The van der Waals surface area contributed by atoms with Crippen molar-refractivity contribution in [2.24, 2.45) is 9.98 Å². The van der Waals surface area contributed by atoms with Gasteiger partial charge in [0.15, 0.2) is 5.82 Å². The van der Waals surface area contributed by atoms with Crippen LogP contribution in [0.5, 0.6) is 0 Å². The van der Waals surface area contributed by atoms with Crippen molar-refractivity contribution < 1.29 is 0 Å². The summed E-state index contributed by atoms with van der Waals surface area (Å²) in [5, 5.41) is 0.